The van der Waals surface area contributed by atoms with Crippen LogP contribution in [0.1, 0.15) is 55.8 Å². The van der Waals surface area contributed by atoms with Crippen molar-refractivity contribution < 1.29 is 9.21 Å². The molecule has 4 aliphatic rings. The number of benzene rings is 2. The van der Waals surface area contributed by atoms with Crippen molar-refractivity contribution in [2.75, 3.05) is 0 Å². The highest BCUT2D eigenvalue weighted by Gasteiger charge is 2.53. The lowest BCUT2D eigenvalue weighted by Crippen LogP contribution is -2.55. The minimum atomic E-state index is -0.364. The molecule has 4 aliphatic carbocycles. The summed E-state index contributed by atoms with van der Waals surface area (Å²) in [6.07, 6.45) is 8.05. The molecule has 32 heavy (non-hydrogen) atoms. The molecule has 4 saturated carbocycles. The summed E-state index contributed by atoms with van der Waals surface area (Å²) in [6, 6.07) is 16.8. The van der Waals surface area contributed by atoms with Gasteiger partial charge in [0.05, 0.1) is 5.56 Å². The number of nitrogens with one attached hydrogen (secondary N) is 1. The van der Waals surface area contributed by atoms with Crippen LogP contribution in [0.4, 0.5) is 0 Å². The van der Waals surface area contributed by atoms with Crippen LogP contribution in [-0.4, -0.2) is 11.9 Å². The van der Waals surface area contributed by atoms with Crippen molar-refractivity contribution >= 4 is 16.9 Å². The number of para-hydroxylation sites is 1. The van der Waals surface area contributed by atoms with Gasteiger partial charge in [-0.2, -0.15) is 0 Å². The lowest BCUT2D eigenvalue weighted by atomic mass is 9.48. The first kappa shape index (κ1) is 19.8. The summed E-state index contributed by atoms with van der Waals surface area (Å²) >= 11 is 0. The van der Waals surface area contributed by atoms with E-state index in [9.17, 15) is 9.59 Å². The zero-order valence-electron chi connectivity index (χ0n) is 18.5. The van der Waals surface area contributed by atoms with Gasteiger partial charge in [0.2, 0.25) is 0 Å². The highest BCUT2D eigenvalue weighted by atomic mass is 16.4. The highest BCUT2D eigenvalue weighted by molar-refractivity contribution is 5.95. The number of hydrogen-bond donors (Lipinski definition) is 1. The van der Waals surface area contributed by atoms with Gasteiger partial charge in [-0.3, -0.25) is 4.79 Å². The molecule has 1 atom stereocenters. The number of carbonyl (C=O) groups is 1. The van der Waals surface area contributed by atoms with Crippen LogP contribution in [0.2, 0.25) is 0 Å². The van der Waals surface area contributed by atoms with Gasteiger partial charge in [0.25, 0.3) is 5.91 Å². The average molecular weight is 428 g/mol. The first-order chi connectivity index (χ1) is 15.5. The van der Waals surface area contributed by atoms with Crippen LogP contribution in [0, 0.1) is 23.2 Å². The number of hydrogen-bond acceptors (Lipinski definition) is 3. The van der Waals surface area contributed by atoms with Crippen molar-refractivity contribution in [2.45, 2.75) is 51.5 Å². The highest BCUT2D eigenvalue weighted by Crippen LogP contribution is 2.61. The maximum absolute atomic E-state index is 13.0. The molecule has 0 saturated heterocycles. The maximum Gasteiger partial charge on any atom is 0.344 e. The predicted octanol–water partition coefficient (Wildman–Crippen LogP) is 5.79. The number of amides is 1. The van der Waals surface area contributed by atoms with E-state index in [0.717, 1.165) is 28.7 Å². The van der Waals surface area contributed by atoms with Crippen molar-refractivity contribution in [1.29, 1.82) is 0 Å². The van der Waals surface area contributed by atoms with Crippen LogP contribution in [0.15, 0.2) is 63.8 Å². The third-order valence-corrected chi connectivity index (χ3v) is 8.45. The topological polar surface area (TPSA) is 59.3 Å². The molecule has 7 rings (SSSR count). The summed E-state index contributed by atoms with van der Waals surface area (Å²) in [5.74, 6) is 2.58. The molecule has 1 aromatic heterocycles. The van der Waals surface area contributed by atoms with E-state index in [1.807, 2.05) is 48.5 Å². The van der Waals surface area contributed by atoms with E-state index in [1.165, 1.54) is 38.5 Å². The number of rotatable bonds is 4. The fraction of sp³-hybridized carbons (Fsp3) is 0.429. The lowest BCUT2D eigenvalue weighted by Gasteiger charge is -2.59. The van der Waals surface area contributed by atoms with Crippen LogP contribution >= 0.6 is 0 Å². The summed E-state index contributed by atoms with van der Waals surface area (Å²) in [5, 5.41) is 4.21. The zero-order valence-corrected chi connectivity index (χ0v) is 18.5. The molecule has 164 valence electrons. The van der Waals surface area contributed by atoms with Crippen molar-refractivity contribution in [3.05, 3.63) is 70.6 Å². The Morgan fingerprint density at radius 3 is 2.25 bits per heavy atom. The second-order valence-corrected chi connectivity index (χ2v) is 10.5. The molecule has 1 amide bonds. The predicted molar refractivity (Wildman–Crippen MR) is 125 cm³/mol. The molecule has 4 heteroatoms. The molecule has 1 N–H and O–H groups in total. The van der Waals surface area contributed by atoms with Crippen molar-refractivity contribution in [3.63, 3.8) is 0 Å². The largest absolute Gasteiger partial charge is 0.422 e. The Bertz CT molecular complexity index is 1200. The fourth-order valence-corrected chi connectivity index (χ4v) is 7.21. The average Bonchev–Trinajstić information content (AvgIpc) is 2.78. The van der Waals surface area contributed by atoms with Gasteiger partial charge in [0.15, 0.2) is 0 Å². The van der Waals surface area contributed by atoms with Crippen LogP contribution in [0.3, 0.4) is 0 Å². The Kier molecular flexibility index (Phi) is 4.53. The van der Waals surface area contributed by atoms with Crippen molar-refractivity contribution in [3.8, 4) is 11.1 Å². The van der Waals surface area contributed by atoms with Gasteiger partial charge in [0.1, 0.15) is 5.58 Å². The van der Waals surface area contributed by atoms with E-state index in [1.54, 1.807) is 6.07 Å². The molecule has 4 fully saturated rings. The Morgan fingerprint density at radius 1 is 0.969 bits per heavy atom. The Morgan fingerprint density at radius 2 is 1.59 bits per heavy atom. The standard InChI is InChI=1S/C28H29NO3/c1-17(28-14-18-10-19(15-28)12-20(11-18)16-28)29-26(30)22-8-6-21(7-9-22)24-13-23-4-2-3-5-25(23)32-27(24)31/h2-9,13,17-20H,10-12,14-16H2,1H3,(H,29,30)/t17-,18?,19?,20?,28?/m0/s1. The Balaban J connectivity index is 1.20. The summed E-state index contributed by atoms with van der Waals surface area (Å²) in [6.45, 7) is 2.21. The number of carbonyl (C=O) groups excluding carboxylic acids is 1. The van der Waals surface area contributed by atoms with E-state index < -0.39 is 0 Å². The van der Waals surface area contributed by atoms with E-state index in [4.69, 9.17) is 4.42 Å². The van der Waals surface area contributed by atoms with Crippen molar-refractivity contribution in [1.82, 2.24) is 5.32 Å². The first-order valence-electron chi connectivity index (χ1n) is 11.9. The van der Waals surface area contributed by atoms with Gasteiger partial charge in [-0.05, 0) is 98.4 Å². The molecule has 4 nitrogen and oxygen atoms in total. The summed E-state index contributed by atoms with van der Waals surface area (Å²) < 4.78 is 5.46. The van der Waals surface area contributed by atoms with E-state index in [-0.39, 0.29) is 23.0 Å². The molecule has 1 heterocycles. The lowest BCUT2D eigenvalue weighted by molar-refractivity contribution is -0.0688. The monoisotopic (exact) mass is 427 g/mol. The van der Waals surface area contributed by atoms with Gasteiger partial charge >= 0.3 is 5.63 Å². The third-order valence-electron chi connectivity index (χ3n) is 8.45. The molecule has 0 aliphatic heterocycles. The smallest absolute Gasteiger partial charge is 0.344 e. The van der Waals surface area contributed by atoms with E-state index in [0.29, 0.717) is 16.7 Å². The minimum absolute atomic E-state index is 0.0228. The molecule has 2 aromatic carbocycles. The maximum atomic E-state index is 13.0. The SMILES string of the molecule is C[C@H](NC(=O)c1ccc(-c2cc3ccccc3oc2=O)cc1)C12CC3CC(CC(C3)C1)C2. The summed E-state index contributed by atoms with van der Waals surface area (Å²) in [7, 11) is 0. The minimum Gasteiger partial charge on any atom is -0.422 e. The Labute approximate surface area is 188 Å². The van der Waals surface area contributed by atoms with Crippen molar-refractivity contribution in [2.24, 2.45) is 23.2 Å². The van der Waals surface area contributed by atoms with Gasteiger partial charge in [0, 0.05) is 17.0 Å². The Hall–Kier alpha value is -2.88. The van der Waals surface area contributed by atoms with E-state index >= 15 is 0 Å². The fourth-order valence-electron chi connectivity index (χ4n) is 7.21. The first-order valence-corrected chi connectivity index (χ1v) is 11.9. The molecular formula is C28H29NO3. The van der Waals surface area contributed by atoms with Crippen LogP contribution in [0.5, 0.6) is 0 Å². The second kappa shape index (κ2) is 7.33. The molecule has 3 aromatic rings. The van der Waals surface area contributed by atoms with Gasteiger partial charge in [-0.15, -0.1) is 0 Å². The third kappa shape index (κ3) is 3.28. The molecule has 0 radical (unpaired) electrons. The number of fused-ring (bicyclic) bond motifs is 1. The van der Waals surface area contributed by atoms with Crippen LogP contribution < -0.4 is 10.9 Å². The van der Waals surface area contributed by atoms with Gasteiger partial charge in [-0.25, -0.2) is 4.79 Å². The van der Waals surface area contributed by atoms with Gasteiger partial charge in [-0.1, -0.05) is 30.3 Å². The summed E-state index contributed by atoms with van der Waals surface area (Å²) in [4.78, 5) is 25.5. The summed E-state index contributed by atoms with van der Waals surface area (Å²) in [5.41, 5.74) is 2.41. The van der Waals surface area contributed by atoms with Crippen LogP contribution in [-0.2, 0) is 0 Å². The molecular weight excluding hydrogens is 398 g/mol. The van der Waals surface area contributed by atoms with E-state index in [2.05, 4.69) is 12.2 Å². The van der Waals surface area contributed by atoms with Crippen LogP contribution in [0.25, 0.3) is 22.1 Å². The normalized spacial score (nSPS) is 29.2. The zero-order chi connectivity index (χ0) is 21.9. The molecule has 0 spiro atoms. The molecule has 0 unspecified atom stereocenters. The molecule has 4 bridgehead atoms. The van der Waals surface area contributed by atoms with Gasteiger partial charge < -0.3 is 9.73 Å². The second-order valence-electron chi connectivity index (χ2n) is 10.5. The quantitative estimate of drug-likeness (QED) is 0.536.